The molecule has 0 aliphatic carbocycles. The third-order valence-electron chi connectivity index (χ3n) is 2.97. The van der Waals surface area contributed by atoms with E-state index in [1.165, 1.54) is 30.3 Å². The van der Waals surface area contributed by atoms with Crippen LogP contribution in [0.2, 0.25) is 0 Å². The molecule has 9 heteroatoms. The number of nitro benzene ring substituents is 1. The Labute approximate surface area is 147 Å². The minimum absolute atomic E-state index is 0. The number of rotatable bonds is 9. The molecule has 0 saturated heterocycles. The molecule has 1 rings (SSSR count). The van der Waals surface area contributed by atoms with Gasteiger partial charge in [-0.25, -0.2) is 0 Å². The summed E-state index contributed by atoms with van der Waals surface area (Å²) in [5.41, 5.74) is -0.937. The Hall–Kier alpha value is -0.933. The van der Waals surface area contributed by atoms with Crippen LogP contribution in [0.5, 0.6) is 0 Å². The minimum Gasteiger partial charge on any atom is -0.848 e. The van der Waals surface area contributed by atoms with Gasteiger partial charge in [-0.05, 0) is 13.8 Å². The molecule has 7 nitrogen and oxygen atoms in total. The summed E-state index contributed by atoms with van der Waals surface area (Å²) in [7, 11) is -3.65. The van der Waals surface area contributed by atoms with E-state index >= 15 is 0 Å². The van der Waals surface area contributed by atoms with Crippen LogP contribution in [0.1, 0.15) is 25.5 Å². The van der Waals surface area contributed by atoms with E-state index in [2.05, 4.69) is 6.58 Å². The van der Waals surface area contributed by atoms with E-state index in [-0.39, 0.29) is 43.3 Å². The molecule has 0 aliphatic rings. The molecular formula is C14H19LiNO6P. The largest absolute Gasteiger partial charge is 1.00 e. The number of hydrogen-bond donors (Lipinski definition) is 0. The fourth-order valence-corrected chi connectivity index (χ4v) is 3.87. The van der Waals surface area contributed by atoms with Gasteiger partial charge in [0.1, 0.15) is 0 Å². The van der Waals surface area contributed by atoms with Gasteiger partial charge in [0.2, 0.25) is 0 Å². The SMILES string of the molecule is C=CC(C([O-])c1ccc([N+](=O)[O-])cc1)P(=O)(OCC)OCC.[Li+]. The Morgan fingerprint density at radius 3 is 2.09 bits per heavy atom. The van der Waals surface area contributed by atoms with Gasteiger partial charge in [-0.3, -0.25) is 14.7 Å². The summed E-state index contributed by atoms with van der Waals surface area (Å²) in [6.45, 7) is 7.11. The first-order valence-electron chi connectivity index (χ1n) is 6.81. The van der Waals surface area contributed by atoms with Crippen LogP contribution in [0.25, 0.3) is 0 Å². The van der Waals surface area contributed by atoms with Crippen LogP contribution in [-0.2, 0) is 13.6 Å². The maximum absolute atomic E-state index is 12.7. The van der Waals surface area contributed by atoms with E-state index in [0.717, 1.165) is 0 Å². The van der Waals surface area contributed by atoms with Gasteiger partial charge in [-0.1, -0.05) is 29.9 Å². The summed E-state index contributed by atoms with van der Waals surface area (Å²) < 4.78 is 23.1. The zero-order chi connectivity index (χ0) is 16.8. The van der Waals surface area contributed by atoms with Crippen molar-refractivity contribution in [3.8, 4) is 0 Å². The average molecular weight is 335 g/mol. The first-order chi connectivity index (χ1) is 10.4. The molecule has 0 bridgehead atoms. The number of benzene rings is 1. The molecule has 0 N–H and O–H groups in total. The molecule has 2 unspecified atom stereocenters. The quantitative estimate of drug-likeness (QED) is 0.204. The summed E-state index contributed by atoms with van der Waals surface area (Å²) >= 11 is 0. The molecule has 0 heterocycles. The first-order valence-corrected chi connectivity index (χ1v) is 8.42. The molecule has 0 aromatic heterocycles. The Bertz CT molecular complexity index is 555. The summed E-state index contributed by atoms with van der Waals surface area (Å²) in [5.74, 6) is 0. The van der Waals surface area contributed by atoms with Crippen LogP contribution in [0.15, 0.2) is 36.9 Å². The van der Waals surface area contributed by atoms with Crippen molar-refractivity contribution in [1.82, 2.24) is 0 Å². The molecule has 122 valence electrons. The molecule has 1 aromatic carbocycles. The van der Waals surface area contributed by atoms with E-state index in [1.54, 1.807) is 13.8 Å². The maximum atomic E-state index is 12.7. The first kappa shape index (κ1) is 22.1. The molecule has 23 heavy (non-hydrogen) atoms. The third-order valence-corrected chi connectivity index (χ3v) is 5.42. The van der Waals surface area contributed by atoms with Crippen molar-refractivity contribution in [1.29, 1.82) is 0 Å². The fourth-order valence-electron chi connectivity index (χ4n) is 1.97. The normalized spacial score (nSPS) is 13.7. The fraction of sp³-hybridized carbons (Fsp3) is 0.429. The van der Waals surface area contributed by atoms with E-state index in [0.29, 0.717) is 0 Å². The van der Waals surface area contributed by atoms with Crippen LogP contribution in [0.4, 0.5) is 5.69 Å². The maximum Gasteiger partial charge on any atom is 1.00 e. The Kier molecular flexibility index (Phi) is 9.63. The van der Waals surface area contributed by atoms with Crippen LogP contribution in [0.3, 0.4) is 0 Å². The zero-order valence-corrected chi connectivity index (χ0v) is 14.4. The summed E-state index contributed by atoms with van der Waals surface area (Å²) in [6, 6.07) is 5.14. The van der Waals surface area contributed by atoms with Crippen molar-refractivity contribution in [2.75, 3.05) is 13.2 Å². The molecule has 0 amide bonds. The third kappa shape index (κ3) is 5.57. The molecule has 0 radical (unpaired) electrons. The van der Waals surface area contributed by atoms with Crippen molar-refractivity contribution in [2.24, 2.45) is 0 Å². The van der Waals surface area contributed by atoms with Crippen molar-refractivity contribution in [3.05, 3.63) is 52.6 Å². The van der Waals surface area contributed by atoms with Crippen LogP contribution < -0.4 is 24.0 Å². The smallest absolute Gasteiger partial charge is 0.848 e. The molecular weight excluding hydrogens is 316 g/mol. The van der Waals surface area contributed by atoms with Crippen molar-refractivity contribution in [2.45, 2.75) is 25.6 Å². The topological polar surface area (TPSA) is 102 Å². The molecule has 2 atom stereocenters. The monoisotopic (exact) mass is 335 g/mol. The van der Waals surface area contributed by atoms with Gasteiger partial charge in [0, 0.05) is 12.1 Å². The van der Waals surface area contributed by atoms with Crippen LogP contribution >= 0.6 is 7.60 Å². The second-order valence-electron chi connectivity index (χ2n) is 4.37. The Morgan fingerprint density at radius 1 is 1.26 bits per heavy atom. The summed E-state index contributed by atoms with van der Waals surface area (Å²) in [4.78, 5) is 10.1. The van der Waals surface area contributed by atoms with Gasteiger partial charge in [-0.2, -0.15) is 0 Å². The summed E-state index contributed by atoms with van der Waals surface area (Å²) in [5, 5.41) is 23.2. The number of nitro groups is 1. The standard InChI is InChI=1S/C14H19NO6P.Li/c1-4-13(22(19,20-5-2)21-6-3)14(16)11-7-9-12(10-8-11)15(17)18;/h4,7-10,13-14H,1,5-6H2,2-3H3;/q-1;+1. The van der Waals surface area contributed by atoms with Gasteiger partial charge >= 0.3 is 26.5 Å². The van der Waals surface area contributed by atoms with Crippen LogP contribution in [-0.4, -0.2) is 23.8 Å². The van der Waals surface area contributed by atoms with Gasteiger partial charge < -0.3 is 14.2 Å². The molecule has 0 saturated carbocycles. The Balaban J connectivity index is 0.00000484. The number of non-ortho nitro benzene ring substituents is 1. The number of hydrogen-bond acceptors (Lipinski definition) is 6. The molecule has 0 spiro atoms. The number of nitrogens with zero attached hydrogens (tertiary/aromatic N) is 1. The van der Waals surface area contributed by atoms with E-state index in [1.807, 2.05) is 0 Å². The minimum atomic E-state index is -3.65. The summed E-state index contributed by atoms with van der Waals surface area (Å²) in [6.07, 6.45) is -0.201. The van der Waals surface area contributed by atoms with E-state index in [4.69, 9.17) is 9.05 Å². The second-order valence-corrected chi connectivity index (χ2v) is 6.56. The second kappa shape index (κ2) is 10.0. The van der Waals surface area contributed by atoms with Gasteiger partial charge in [0.25, 0.3) is 5.69 Å². The average Bonchev–Trinajstić information content (AvgIpc) is 2.48. The molecule has 1 aromatic rings. The van der Waals surface area contributed by atoms with Gasteiger partial charge in [0.15, 0.2) is 0 Å². The van der Waals surface area contributed by atoms with Crippen LogP contribution in [0, 0.1) is 10.1 Å². The van der Waals surface area contributed by atoms with Gasteiger partial charge in [0.05, 0.1) is 23.8 Å². The van der Waals surface area contributed by atoms with Crippen molar-refractivity contribution in [3.63, 3.8) is 0 Å². The van der Waals surface area contributed by atoms with Crippen molar-refractivity contribution >= 4 is 13.3 Å². The predicted octanol–water partition coefficient (Wildman–Crippen LogP) is -0.179. The zero-order valence-electron chi connectivity index (χ0n) is 13.5. The van der Waals surface area contributed by atoms with E-state index < -0.39 is 24.3 Å². The predicted molar refractivity (Wildman–Crippen MR) is 80.7 cm³/mol. The Morgan fingerprint density at radius 2 is 1.74 bits per heavy atom. The van der Waals surface area contributed by atoms with Gasteiger partial charge in [-0.15, -0.1) is 6.58 Å². The molecule has 0 fully saturated rings. The van der Waals surface area contributed by atoms with E-state index in [9.17, 15) is 19.8 Å². The molecule has 0 aliphatic heterocycles. The van der Waals surface area contributed by atoms with Crippen molar-refractivity contribution < 1.29 is 42.5 Å².